The summed E-state index contributed by atoms with van der Waals surface area (Å²) < 4.78 is 21.5. The first-order valence-electron chi connectivity index (χ1n) is 15.1. The number of nitrogens with zero attached hydrogens (tertiary/aromatic N) is 1. The highest BCUT2D eigenvalue weighted by molar-refractivity contribution is 6.10. The van der Waals surface area contributed by atoms with Gasteiger partial charge in [-0.05, 0) is 61.9 Å². The minimum absolute atomic E-state index is 0.0698. The van der Waals surface area contributed by atoms with Gasteiger partial charge in [-0.3, -0.25) is 10.1 Å². The van der Waals surface area contributed by atoms with Gasteiger partial charge in [0.15, 0.2) is 5.78 Å². The minimum Gasteiger partial charge on any atom is -0.485 e. The molecule has 0 radical (unpaired) electrons. The number of amides is 1. The van der Waals surface area contributed by atoms with Crippen molar-refractivity contribution >= 4 is 45.8 Å². The van der Waals surface area contributed by atoms with Crippen molar-refractivity contribution in [1.29, 1.82) is 0 Å². The summed E-state index contributed by atoms with van der Waals surface area (Å²) in [4.78, 5) is 54.5. The number of hydrogen-bond donors (Lipinski definition) is 2. The van der Waals surface area contributed by atoms with Gasteiger partial charge in [-0.15, -0.1) is 0 Å². The summed E-state index contributed by atoms with van der Waals surface area (Å²) in [5.74, 6) is 0.470. The maximum Gasteiger partial charge on any atom is 0.413 e. The van der Waals surface area contributed by atoms with Crippen molar-refractivity contribution < 1.29 is 33.0 Å². The van der Waals surface area contributed by atoms with E-state index >= 15 is 0 Å². The van der Waals surface area contributed by atoms with Crippen molar-refractivity contribution in [3.05, 3.63) is 136 Å². The van der Waals surface area contributed by atoms with Crippen molar-refractivity contribution in [3.8, 4) is 5.75 Å². The van der Waals surface area contributed by atoms with E-state index in [-0.39, 0.29) is 23.8 Å². The molecule has 6 aromatic rings. The predicted molar refractivity (Wildman–Crippen MR) is 179 cm³/mol. The summed E-state index contributed by atoms with van der Waals surface area (Å²) in [6.45, 7) is 3.68. The van der Waals surface area contributed by atoms with E-state index in [1.807, 2.05) is 44.2 Å². The highest BCUT2D eigenvalue weighted by Crippen LogP contribution is 2.37. The number of fused-ring (bicyclic) bond motifs is 3. The van der Waals surface area contributed by atoms with E-state index in [9.17, 15) is 19.2 Å². The van der Waals surface area contributed by atoms with Crippen LogP contribution in [0.2, 0.25) is 0 Å². The molecule has 1 aliphatic heterocycles. The van der Waals surface area contributed by atoms with Crippen LogP contribution >= 0.6 is 0 Å². The molecular weight excluding hydrogens is 614 g/mol. The Balaban J connectivity index is 0.000000170. The standard InChI is InChI=1S/C21H18O5.C16H13N3O3/c1-21(2,26-20(23)13-6-4-3-5-7-13)18-11-15-10-14-8-9-19(22)25-16(14)12-17(15)24-18;1-22-16(21)19-15-17-12-8-7-11(9-13(12)18-15)14(20)10-5-3-2-4-6-10/h3-10,12,18H,11H2,1-2H3;2-9H,1H3,(H2,17,18,19,21). The third-order valence-electron chi connectivity index (χ3n) is 7.80. The highest BCUT2D eigenvalue weighted by Gasteiger charge is 2.40. The second-order valence-corrected chi connectivity index (χ2v) is 11.6. The first-order valence-corrected chi connectivity index (χ1v) is 15.1. The fourth-order valence-electron chi connectivity index (χ4n) is 5.25. The number of anilines is 1. The Morgan fingerprint density at radius 2 is 1.58 bits per heavy atom. The number of ketones is 1. The highest BCUT2D eigenvalue weighted by atomic mass is 16.6. The number of imidazole rings is 1. The Kier molecular flexibility index (Phi) is 8.76. The number of rotatable bonds is 6. The molecule has 1 unspecified atom stereocenters. The number of ether oxygens (including phenoxy) is 3. The molecule has 0 fully saturated rings. The van der Waals surface area contributed by atoms with E-state index in [0.29, 0.717) is 45.5 Å². The Bertz CT molecular complexity index is 2190. The molecule has 2 aromatic heterocycles. The Hall–Kier alpha value is -6.23. The van der Waals surface area contributed by atoms with E-state index in [1.165, 1.54) is 13.2 Å². The molecule has 7 rings (SSSR count). The summed E-state index contributed by atoms with van der Waals surface area (Å²) in [7, 11) is 1.27. The molecule has 2 N–H and O–H groups in total. The van der Waals surface area contributed by atoms with Gasteiger partial charge in [0.25, 0.3) is 0 Å². The maximum absolute atomic E-state index is 12.4. The number of esters is 1. The molecule has 0 saturated heterocycles. The number of methoxy groups -OCH3 is 1. The van der Waals surface area contributed by atoms with Crippen LogP contribution in [0, 0.1) is 0 Å². The fraction of sp³-hybridized carbons (Fsp3) is 0.162. The minimum atomic E-state index is -0.820. The van der Waals surface area contributed by atoms with E-state index in [0.717, 1.165) is 10.9 Å². The van der Waals surface area contributed by atoms with Crippen molar-refractivity contribution in [2.24, 2.45) is 0 Å². The summed E-state index contributed by atoms with van der Waals surface area (Å²) in [6, 6.07) is 29.9. The zero-order chi connectivity index (χ0) is 33.8. The molecule has 0 aliphatic carbocycles. The first kappa shape index (κ1) is 31.7. The second kappa shape index (κ2) is 13.2. The number of carbonyl (C=O) groups is 3. The second-order valence-electron chi connectivity index (χ2n) is 11.6. The van der Waals surface area contributed by atoms with Crippen LogP contribution in [0.3, 0.4) is 0 Å². The van der Waals surface area contributed by atoms with Crippen molar-refractivity contribution in [1.82, 2.24) is 9.97 Å². The lowest BCUT2D eigenvalue weighted by molar-refractivity contribution is -0.0517. The number of aromatic nitrogens is 2. The van der Waals surface area contributed by atoms with Crippen LogP contribution in [-0.4, -0.2) is 46.6 Å². The van der Waals surface area contributed by atoms with Crippen molar-refractivity contribution in [3.63, 3.8) is 0 Å². The van der Waals surface area contributed by atoms with Crippen LogP contribution in [0.15, 0.2) is 112 Å². The molecule has 1 atom stereocenters. The molecule has 0 spiro atoms. The molecule has 0 saturated carbocycles. The maximum atomic E-state index is 12.4. The van der Waals surface area contributed by atoms with E-state index in [4.69, 9.17) is 13.9 Å². The van der Waals surface area contributed by atoms with Crippen LogP contribution < -0.4 is 15.7 Å². The molecule has 242 valence electrons. The van der Waals surface area contributed by atoms with Gasteiger partial charge in [0.1, 0.15) is 23.0 Å². The molecule has 0 bridgehead atoms. The van der Waals surface area contributed by atoms with Gasteiger partial charge in [-0.2, -0.15) is 0 Å². The zero-order valence-electron chi connectivity index (χ0n) is 26.3. The average molecular weight is 646 g/mol. The zero-order valence-corrected chi connectivity index (χ0v) is 26.3. The van der Waals surface area contributed by atoms with Crippen LogP contribution in [0.5, 0.6) is 5.75 Å². The number of hydrogen-bond acceptors (Lipinski definition) is 9. The Morgan fingerprint density at radius 3 is 2.29 bits per heavy atom. The summed E-state index contributed by atoms with van der Waals surface area (Å²) >= 11 is 0. The SMILES string of the molecule is CC(C)(OC(=O)c1ccccc1)C1Cc2cc3ccc(=O)oc3cc2O1.COC(=O)Nc1nc2ccc(C(=O)c3ccccc3)cc2[nH]1. The smallest absolute Gasteiger partial charge is 0.413 e. The number of H-pyrrole nitrogens is 1. The average Bonchev–Trinajstić information content (AvgIpc) is 3.71. The Labute approximate surface area is 274 Å². The molecular formula is C37H31N3O8. The van der Waals surface area contributed by atoms with Crippen LogP contribution in [0.1, 0.15) is 45.7 Å². The van der Waals surface area contributed by atoms with Crippen molar-refractivity contribution in [2.75, 3.05) is 12.4 Å². The van der Waals surface area contributed by atoms with Gasteiger partial charge in [-0.1, -0.05) is 48.5 Å². The predicted octanol–water partition coefficient (Wildman–Crippen LogP) is 6.70. The monoisotopic (exact) mass is 645 g/mol. The summed E-state index contributed by atoms with van der Waals surface area (Å²) in [5.41, 5.74) is 3.24. The van der Waals surface area contributed by atoms with E-state index in [1.54, 1.807) is 66.7 Å². The summed E-state index contributed by atoms with van der Waals surface area (Å²) in [6.07, 6.45) is -0.326. The lowest BCUT2D eigenvalue weighted by Crippen LogP contribution is -2.43. The van der Waals surface area contributed by atoms with Crippen LogP contribution in [0.4, 0.5) is 10.7 Å². The quantitative estimate of drug-likeness (QED) is 0.115. The number of benzene rings is 4. The topological polar surface area (TPSA) is 150 Å². The third-order valence-corrected chi connectivity index (χ3v) is 7.80. The van der Waals surface area contributed by atoms with Crippen LogP contribution in [-0.2, 0) is 15.9 Å². The normalized spacial score (nSPS) is 13.5. The third kappa shape index (κ3) is 6.95. The van der Waals surface area contributed by atoms with Crippen LogP contribution in [0.25, 0.3) is 22.0 Å². The van der Waals surface area contributed by atoms with Gasteiger partial charge in [0.05, 0.1) is 23.7 Å². The number of aromatic amines is 1. The van der Waals surface area contributed by atoms with Gasteiger partial charge in [0.2, 0.25) is 5.95 Å². The molecule has 1 amide bonds. The molecule has 11 nitrogen and oxygen atoms in total. The summed E-state index contributed by atoms with van der Waals surface area (Å²) in [5, 5.41) is 3.29. The number of nitrogens with one attached hydrogen (secondary N) is 2. The lowest BCUT2D eigenvalue weighted by Gasteiger charge is -2.30. The first-order chi connectivity index (χ1) is 23.1. The largest absolute Gasteiger partial charge is 0.485 e. The molecule has 3 heterocycles. The van der Waals surface area contributed by atoms with Crippen molar-refractivity contribution in [2.45, 2.75) is 32.0 Å². The molecule has 11 heteroatoms. The van der Waals surface area contributed by atoms with Gasteiger partial charge in [-0.25, -0.2) is 19.4 Å². The lowest BCUT2D eigenvalue weighted by atomic mass is 9.96. The van der Waals surface area contributed by atoms with Gasteiger partial charge in [0, 0.05) is 35.1 Å². The Morgan fingerprint density at radius 1 is 0.875 bits per heavy atom. The fourth-order valence-corrected chi connectivity index (χ4v) is 5.25. The van der Waals surface area contributed by atoms with Gasteiger partial charge < -0.3 is 23.6 Å². The number of carbonyl (C=O) groups excluding carboxylic acids is 3. The van der Waals surface area contributed by atoms with Gasteiger partial charge >= 0.3 is 17.7 Å². The molecule has 4 aromatic carbocycles. The van der Waals surface area contributed by atoms with E-state index in [2.05, 4.69) is 20.0 Å². The molecule has 1 aliphatic rings. The van der Waals surface area contributed by atoms with E-state index < -0.39 is 17.3 Å². The molecule has 48 heavy (non-hydrogen) atoms.